The molecule has 0 spiro atoms. The summed E-state index contributed by atoms with van der Waals surface area (Å²) in [6.07, 6.45) is 5.23. The van der Waals surface area contributed by atoms with E-state index in [1.54, 1.807) is 11.9 Å². The average Bonchev–Trinajstić information content (AvgIpc) is 1.84. The van der Waals surface area contributed by atoms with Gasteiger partial charge in [-0.1, -0.05) is 5.92 Å². The molecule has 1 saturated heterocycles. The van der Waals surface area contributed by atoms with Crippen LogP contribution in [0.25, 0.3) is 0 Å². The number of carbonyl (C=O) groups is 1. The van der Waals surface area contributed by atoms with Gasteiger partial charge < -0.3 is 10.2 Å². The highest BCUT2D eigenvalue weighted by Gasteiger charge is 2.24. The van der Waals surface area contributed by atoms with Gasteiger partial charge in [-0.25, -0.2) is 0 Å². The molecule has 0 bridgehead atoms. The SMILES string of the molecule is C#CCC(=O)N(C)C1CNC1. The number of carbonyl (C=O) groups excluding carboxylic acids is 1. The van der Waals surface area contributed by atoms with E-state index >= 15 is 0 Å². The van der Waals surface area contributed by atoms with E-state index in [-0.39, 0.29) is 12.3 Å². The van der Waals surface area contributed by atoms with Gasteiger partial charge >= 0.3 is 0 Å². The monoisotopic (exact) mass is 152 g/mol. The molecule has 60 valence electrons. The summed E-state index contributed by atoms with van der Waals surface area (Å²) >= 11 is 0. The molecular formula is C8H12N2O. The third-order valence-corrected chi connectivity index (χ3v) is 1.95. The Balaban J connectivity index is 2.34. The van der Waals surface area contributed by atoms with Gasteiger partial charge in [0, 0.05) is 20.1 Å². The Morgan fingerprint density at radius 2 is 2.45 bits per heavy atom. The first-order valence-electron chi connectivity index (χ1n) is 3.65. The molecule has 0 aromatic carbocycles. The second kappa shape index (κ2) is 3.40. The Morgan fingerprint density at radius 1 is 1.82 bits per heavy atom. The zero-order valence-corrected chi connectivity index (χ0v) is 6.63. The number of nitrogens with zero attached hydrogens (tertiary/aromatic N) is 1. The molecule has 0 radical (unpaired) electrons. The van der Waals surface area contributed by atoms with Crippen molar-refractivity contribution in [3.05, 3.63) is 0 Å². The number of nitrogens with one attached hydrogen (secondary N) is 1. The largest absolute Gasteiger partial charge is 0.339 e. The number of hydrogen-bond donors (Lipinski definition) is 1. The summed E-state index contributed by atoms with van der Waals surface area (Å²) in [5, 5.41) is 3.09. The molecule has 3 nitrogen and oxygen atoms in total. The zero-order chi connectivity index (χ0) is 8.27. The number of rotatable bonds is 2. The lowest BCUT2D eigenvalue weighted by Crippen LogP contribution is -2.57. The molecule has 1 fully saturated rings. The third kappa shape index (κ3) is 1.72. The van der Waals surface area contributed by atoms with Crippen LogP contribution in [-0.4, -0.2) is 37.0 Å². The van der Waals surface area contributed by atoms with E-state index < -0.39 is 0 Å². The van der Waals surface area contributed by atoms with Crippen LogP contribution in [0.15, 0.2) is 0 Å². The Morgan fingerprint density at radius 3 is 2.82 bits per heavy atom. The lowest BCUT2D eigenvalue weighted by atomic mass is 10.1. The molecule has 11 heavy (non-hydrogen) atoms. The standard InChI is InChI=1S/C8H12N2O/c1-3-4-8(11)10(2)7-5-9-6-7/h1,7,9H,4-6H2,2H3. The molecule has 1 heterocycles. The van der Waals surface area contributed by atoms with Crippen LogP contribution in [0.2, 0.25) is 0 Å². The van der Waals surface area contributed by atoms with Crippen molar-refractivity contribution < 1.29 is 4.79 Å². The maximum Gasteiger partial charge on any atom is 0.234 e. The van der Waals surface area contributed by atoms with Crippen LogP contribution in [0.5, 0.6) is 0 Å². The fourth-order valence-electron chi connectivity index (χ4n) is 0.963. The van der Waals surface area contributed by atoms with Gasteiger partial charge in [0.05, 0.1) is 12.5 Å². The molecule has 0 atom stereocenters. The van der Waals surface area contributed by atoms with E-state index in [1.807, 2.05) is 0 Å². The van der Waals surface area contributed by atoms with Crippen LogP contribution < -0.4 is 5.32 Å². The summed E-state index contributed by atoms with van der Waals surface area (Å²) in [7, 11) is 1.80. The predicted molar refractivity (Wildman–Crippen MR) is 42.9 cm³/mol. The van der Waals surface area contributed by atoms with Crippen molar-refractivity contribution in [2.45, 2.75) is 12.5 Å². The van der Waals surface area contributed by atoms with Crippen LogP contribution in [0.4, 0.5) is 0 Å². The van der Waals surface area contributed by atoms with E-state index in [0.29, 0.717) is 6.04 Å². The maximum atomic E-state index is 11.1. The first-order valence-corrected chi connectivity index (χ1v) is 3.65. The minimum absolute atomic E-state index is 0.0407. The quantitative estimate of drug-likeness (QED) is 0.538. The van der Waals surface area contributed by atoms with E-state index in [4.69, 9.17) is 6.42 Å². The third-order valence-electron chi connectivity index (χ3n) is 1.95. The summed E-state index contributed by atoms with van der Waals surface area (Å²) in [5.74, 6) is 2.38. The Bertz CT molecular complexity index is 191. The molecule has 0 saturated carbocycles. The van der Waals surface area contributed by atoms with Crippen molar-refractivity contribution in [3.8, 4) is 12.3 Å². The average molecular weight is 152 g/mol. The lowest BCUT2D eigenvalue weighted by Gasteiger charge is -2.35. The first kappa shape index (κ1) is 8.09. The molecular weight excluding hydrogens is 140 g/mol. The van der Waals surface area contributed by atoms with Crippen LogP contribution in [-0.2, 0) is 4.79 Å². The van der Waals surface area contributed by atoms with Crippen molar-refractivity contribution in [3.63, 3.8) is 0 Å². The Labute approximate surface area is 66.8 Å². The van der Waals surface area contributed by atoms with Gasteiger partial charge in [0.25, 0.3) is 0 Å². The highest BCUT2D eigenvalue weighted by Crippen LogP contribution is 2.03. The topological polar surface area (TPSA) is 32.3 Å². The summed E-state index contributed by atoms with van der Waals surface area (Å²) < 4.78 is 0. The minimum Gasteiger partial charge on any atom is -0.339 e. The second-order valence-corrected chi connectivity index (χ2v) is 2.70. The van der Waals surface area contributed by atoms with Gasteiger partial charge in [-0.05, 0) is 0 Å². The van der Waals surface area contributed by atoms with E-state index in [2.05, 4.69) is 11.2 Å². The maximum absolute atomic E-state index is 11.1. The van der Waals surface area contributed by atoms with Gasteiger partial charge in [0.15, 0.2) is 0 Å². The molecule has 1 aliphatic heterocycles. The van der Waals surface area contributed by atoms with Crippen molar-refractivity contribution >= 4 is 5.91 Å². The van der Waals surface area contributed by atoms with Crippen LogP contribution in [0.3, 0.4) is 0 Å². The first-order chi connectivity index (χ1) is 5.25. The summed E-state index contributed by atoms with van der Waals surface area (Å²) in [5.41, 5.74) is 0. The van der Waals surface area contributed by atoms with Gasteiger partial charge in [0.1, 0.15) is 0 Å². The number of terminal acetylenes is 1. The van der Waals surface area contributed by atoms with E-state index in [9.17, 15) is 4.79 Å². The number of likely N-dealkylation sites (N-methyl/N-ethyl adjacent to an activating group) is 1. The molecule has 0 unspecified atom stereocenters. The van der Waals surface area contributed by atoms with Gasteiger partial charge in [0.2, 0.25) is 5.91 Å². The van der Waals surface area contributed by atoms with Crippen LogP contribution in [0, 0.1) is 12.3 Å². The van der Waals surface area contributed by atoms with E-state index in [0.717, 1.165) is 13.1 Å². The van der Waals surface area contributed by atoms with Crippen molar-refractivity contribution in [1.82, 2.24) is 10.2 Å². The summed E-state index contributed by atoms with van der Waals surface area (Å²) in [4.78, 5) is 12.9. The van der Waals surface area contributed by atoms with Crippen LogP contribution >= 0.6 is 0 Å². The highest BCUT2D eigenvalue weighted by atomic mass is 16.2. The fourth-order valence-corrected chi connectivity index (χ4v) is 0.963. The minimum atomic E-state index is 0.0407. The van der Waals surface area contributed by atoms with Crippen molar-refractivity contribution in [2.24, 2.45) is 0 Å². The van der Waals surface area contributed by atoms with E-state index in [1.165, 1.54) is 0 Å². The van der Waals surface area contributed by atoms with Gasteiger partial charge in [-0.3, -0.25) is 4.79 Å². The predicted octanol–water partition coefficient (Wildman–Crippen LogP) is -0.560. The number of hydrogen-bond acceptors (Lipinski definition) is 2. The Kier molecular flexibility index (Phi) is 2.50. The van der Waals surface area contributed by atoms with Crippen molar-refractivity contribution in [1.29, 1.82) is 0 Å². The molecule has 3 heteroatoms. The zero-order valence-electron chi connectivity index (χ0n) is 6.63. The van der Waals surface area contributed by atoms with Gasteiger partial charge in [-0.15, -0.1) is 6.42 Å². The smallest absolute Gasteiger partial charge is 0.234 e. The molecule has 1 aliphatic rings. The summed E-state index contributed by atoms with van der Waals surface area (Å²) in [6, 6.07) is 0.357. The molecule has 0 aliphatic carbocycles. The second-order valence-electron chi connectivity index (χ2n) is 2.70. The van der Waals surface area contributed by atoms with Crippen LogP contribution in [0.1, 0.15) is 6.42 Å². The van der Waals surface area contributed by atoms with Gasteiger partial charge in [-0.2, -0.15) is 0 Å². The molecule has 0 aromatic heterocycles. The molecule has 1 N–H and O–H groups in total. The summed E-state index contributed by atoms with van der Waals surface area (Å²) in [6.45, 7) is 1.79. The molecule has 0 aromatic rings. The number of amides is 1. The fraction of sp³-hybridized carbons (Fsp3) is 0.625. The van der Waals surface area contributed by atoms with Crippen molar-refractivity contribution in [2.75, 3.05) is 20.1 Å². The Hall–Kier alpha value is -1.01. The molecule has 1 amide bonds. The highest BCUT2D eigenvalue weighted by molar-refractivity contribution is 5.78. The lowest BCUT2D eigenvalue weighted by molar-refractivity contribution is -0.131. The molecule has 1 rings (SSSR count). The normalized spacial score (nSPS) is 16.7.